The second-order valence-electron chi connectivity index (χ2n) is 5.71. The molecule has 1 aromatic rings. The Kier molecular flexibility index (Phi) is 5.89. The Labute approximate surface area is 146 Å². The van der Waals surface area contributed by atoms with Crippen LogP contribution in [0.3, 0.4) is 0 Å². The molecule has 2 rings (SSSR count). The van der Waals surface area contributed by atoms with E-state index < -0.39 is 28.3 Å². The summed E-state index contributed by atoms with van der Waals surface area (Å²) in [6.07, 6.45) is 0.397. The highest BCUT2D eigenvalue weighted by Gasteiger charge is 2.33. The molecule has 0 bridgehead atoms. The first kappa shape index (κ1) is 19.0. The second kappa shape index (κ2) is 7.73. The molecular weight excluding hydrogens is 350 g/mol. The fourth-order valence-corrected chi connectivity index (χ4v) is 4.33. The normalized spacial score (nSPS) is 18.4. The number of amides is 1. The van der Waals surface area contributed by atoms with Crippen LogP contribution < -0.4 is 9.47 Å². The van der Waals surface area contributed by atoms with Gasteiger partial charge in [0.05, 0.1) is 31.3 Å². The minimum Gasteiger partial charge on any atom is -0.493 e. The maximum atomic E-state index is 12.1. The minimum atomic E-state index is -3.09. The van der Waals surface area contributed by atoms with E-state index in [0.29, 0.717) is 17.9 Å². The fraction of sp³-hybridized carbons (Fsp3) is 0.500. The zero-order valence-corrected chi connectivity index (χ0v) is 15.2. The fourth-order valence-electron chi connectivity index (χ4n) is 2.56. The van der Waals surface area contributed by atoms with Crippen LogP contribution in [-0.4, -0.2) is 70.6 Å². The maximum absolute atomic E-state index is 12.1. The first-order valence-corrected chi connectivity index (χ1v) is 9.44. The predicted molar refractivity (Wildman–Crippen MR) is 89.7 cm³/mol. The molecule has 0 aliphatic carbocycles. The monoisotopic (exact) mass is 371 g/mol. The summed E-state index contributed by atoms with van der Waals surface area (Å²) in [4.78, 5) is 25.5. The van der Waals surface area contributed by atoms with Crippen LogP contribution in [0.2, 0.25) is 0 Å². The van der Waals surface area contributed by atoms with Crippen molar-refractivity contribution < 1.29 is 32.2 Å². The molecule has 1 amide bonds. The van der Waals surface area contributed by atoms with Crippen LogP contribution in [0.4, 0.5) is 0 Å². The lowest BCUT2D eigenvalue weighted by atomic mass is 10.2. The second-order valence-corrected chi connectivity index (χ2v) is 7.94. The van der Waals surface area contributed by atoms with E-state index in [1.54, 1.807) is 6.07 Å². The number of hydrogen-bond donors (Lipinski definition) is 0. The first-order chi connectivity index (χ1) is 11.8. The lowest BCUT2D eigenvalue weighted by Gasteiger charge is -2.23. The van der Waals surface area contributed by atoms with Crippen LogP contribution in [-0.2, 0) is 19.4 Å². The molecule has 0 spiro atoms. The average molecular weight is 371 g/mol. The third-order valence-electron chi connectivity index (χ3n) is 4.10. The van der Waals surface area contributed by atoms with Gasteiger partial charge < -0.3 is 19.1 Å². The van der Waals surface area contributed by atoms with Gasteiger partial charge in [-0.05, 0) is 24.6 Å². The summed E-state index contributed by atoms with van der Waals surface area (Å²) < 4.78 is 38.2. The Balaban J connectivity index is 1.94. The molecule has 1 fully saturated rings. The molecule has 25 heavy (non-hydrogen) atoms. The molecule has 1 aromatic carbocycles. The molecule has 1 saturated heterocycles. The Morgan fingerprint density at radius 2 is 1.88 bits per heavy atom. The van der Waals surface area contributed by atoms with Crippen molar-refractivity contribution in [2.24, 2.45) is 0 Å². The van der Waals surface area contributed by atoms with Crippen molar-refractivity contribution in [1.29, 1.82) is 0 Å². The predicted octanol–water partition coefficient (Wildman–Crippen LogP) is 0.506. The Hall–Kier alpha value is -2.29. The van der Waals surface area contributed by atoms with Crippen LogP contribution in [0, 0.1) is 0 Å². The van der Waals surface area contributed by atoms with Gasteiger partial charge in [-0.15, -0.1) is 0 Å². The van der Waals surface area contributed by atoms with E-state index >= 15 is 0 Å². The summed E-state index contributed by atoms with van der Waals surface area (Å²) in [5.74, 6) is -0.272. The average Bonchev–Trinajstić information content (AvgIpc) is 2.97. The molecule has 0 saturated carbocycles. The van der Waals surface area contributed by atoms with Crippen LogP contribution in [0.25, 0.3) is 0 Å². The highest BCUT2D eigenvalue weighted by atomic mass is 32.2. The third kappa shape index (κ3) is 4.62. The zero-order chi connectivity index (χ0) is 18.6. The number of ether oxygens (including phenoxy) is 3. The first-order valence-electron chi connectivity index (χ1n) is 7.62. The van der Waals surface area contributed by atoms with E-state index in [0.717, 1.165) is 0 Å². The summed E-state index contributed by atoms with van der Waals surface area (Å²) in [6, 6.07) is 4.14. The molecular formula is C16H21NO7S. The Bertz CT molecular complexity index is 760. The third-order valence-corrected chi connectivity index (χ3v) is 5.85. The number of carbonyl (C=O) groups is 2. The highest BCUT2D eigenvalue weighted by Crippen LogP contribution is 2.27. The van der Waals surface area contributed by atoms with E-state index in [9.17, 15) is 18.0 Å². The van der Waals surface area contributed by atoms with E-state index in [1.165, 1.54) is 38.3 Å². The van der Waals surface area contributed by atoms with Crippen molar-refractivity contribution in [1.82, 2.24) is 4.90 Å². The van der Waals surface area contributed by atoms with Crippen LogP contribution >= 0.6 is 0 Å². The van der Waals surface area contributed by atoms with E-state index in [-0.39, 0.29) is 23.1 Å². The van der Waals surface area contributed by atoms with Crippen molar-refractivity contribution in [3.8, 4) is 11.5 Å². The standard InChI is InChI=1S/C16H21NO7S/c1-17(12-6-7-25(20,21)10-12)15(18)9-24-16(19)11-4-5-13(22-2)14(8-11)23-3/h4-5,8,12H,6-7,9-10H2,1-3H3/t12-/m0/s1. The van der Waals surface area contributed by atoms with Gasteiger partial charge in [0.2, 0.25) is 0 Å². The molecule has 0 N–H and O–H groups in total. The highest BCUT2D eigenvalue weighted by molar-refractivity contribution is 7.91. The van der Waals surface area contributed by atoms with Gasteiger partial charge >= 0.3 is 5.97 Å². The number of hydrogen-bond acceptors (Lipinski definition) is 7. The molecule has 0 unspecified atom stereocenters. The van der Waals surface area contributed by atoms with Crippen molar-refractivity contribution in [3.63, 3.8) is 0 Å². The van der Waals surface area contributed by atoms with Gasteiger partial charge in [0, 0.05) is 13.1 Å². The molecule has 0 radical (unpaired) electrons. The summed E-state index contributed by atoms with van der Waals surface area (Å²) >= 11 is 0. The number of nitrogens with zero attached hydrogens (tertiary/aromatic N) is 1. The molecule has 0 aromatic heterocycles. The number of methoxy groups -OCH3 is 2. The maximum Gasteiger partial charge on any atom is 0.338 e. The lowest BCUT2D eigenvalue weighted by Crippen LogP contribution is -2.40. The number of carbonyl (C=O) groups excluding carboxylic acids is 2. The van der Waals surface area contributed by atoms with Gasteiger partial charge in [0.25, 0.3) is 5.91 Å². The van der Waals surface area contributed by atoms with Gasteiger partial charge in [0.15, 0.2) is 27.9 Å². The molecule has 1 aliphatic heterocycles. The van der Waals surface area contributed by atoms with E-state index in [4.69, 9.17) is 14.2 Å². The Morgan fingerprint density at radius 1 is 1.20 bits per heavy atom. The number of rotatable bonds is 6. The zero-order valence-electron chi connectivity index (χ0n) is 14.4. The summed E-state index contributed by atoms with van der Waals surface area (Å²) in [7, 11) is 1.35. The number of likely N-dealkylation sites (N-methyl/N-ethyl adjacent to an activating group) is 1. The smallest absolute Gasteiger partial charge is 0.338 e. The van der Waals surface area contributed by atoms with Gasteiger partial charge in [-0.1, -0.05) is 0 Å². The topological polar surface area (TPSA) is 99.2 Å². The molecule has 9 heteroatoms. The van der Waals surface area contributed by atoms with Gasteiger partial charge in [0.1, 0.15) is 0 Å². The quantitative estimate of drug-likeness (QED) is 0.672. The number of esters is 1. The summed E-state index contributed by atoms with van der Waals surface area (Å²) in [5, 5.41) is 0. The van der Waals surface area contributed by atoms with Crippen LogP contribution in [0.5, 0.6) is 11.5 Å². The SMILES string of the molecule is COc1ccc(C(=O)OCC(=O)N(C)[C@H]2CCS(=O)(=O)C2)cc1OC. The molecule has 1 aliphatic rings. The van der Waals surface area contributed by atoms with Crippen molar-refractivity contribution >= 4 is 21.7 Å². The Morgan fingerprint density at radius 3 is 2.44 bits per heavy atom. The summed E-state index contributed by atoms with van der Waals surface area (Å²) in [5.41, 5.74) is 0.219. The van der Waals surface area contributed by atoms with E-state index in [2.05, 4.69) is 0 Å². The summed E-state index contributed by atoms with van der Waals surface area (Å²) in [6.45, 7) is -0.458. The molecule has 138 valence electrons. The number of benzene rings is 1. The molecule has 1 atom stereocenters. The van der Waals surface area contributed by atoms with Gasteiger partial charge in [-0.2, -0.15) is 0 Å². The van der Waals surface area contributed by atoms with Crippen LogP contribution in [0.15, 0.2) is 18.2 Å². The van der Waals surface area contributed by atoms with E-state index in [1.807, 2.05) is 0 Å². The van der Waals surface area contributed by atoms with Crippen molar-refractivity contribution in [2.75, 3.05) is 39.4 Å². The van der Waals surface area contributed by atoms with Crippen LogP contribution in [0.1, 0.15) is 16.8 Å². The molecule has 1 heterocycles. The molecule has 8 nitrogen and oxygen atoms in total. The van der Waals surface area contributed by atoms with Gasteiger partial charge in [-0.3, -0.25) is 4.79 Å². The van der Waals surface area contributed by atoms with Crippen molar-refractivity contribution in [3.05, 3.63) is 23.8 Å². The number of sulfone groups is 1. The lowest BCUT2D eigenvalue weighted by molar-refractivity contribution is -0.134. The minimum absolute atomic E-state index is 0.0567. The largest absolute Gasteiger partial charge is 0.493 e. The van der Waals surface area contributed by atoms with Gasteiger partial charge in [-0.25, -0.2) is 13.2 Å². The van der Waals surface area contributed by atoms with Crippen molar-refractivity contribution in [2.45, 2.75) is 12.5 Å².